The molecule has 1 aliphatic carbocycles. The Hall–Kier alpha value is -3.10. The summed E-state index contributed by atoms with van der Waals surface area (Å²) < 4.78 is 5.58. The highest BCUT2D eigenvalue weighted by Gasteiger charge is 2.29. The molecule has 0 bridgehead atoms. The minimum Gasteiger partial charge on any atom is -0.379 e. The lowest BCUT2D eigenvalue weighted by Crippen LogP contribution is -2.56. The zero-order valence-corrected chi connectivity index (χ0v) is 21.1. The maximum absolute atomic E-state index is 13.6. The van der Waals surface area contributed by atoms with E-state index in [1.165, 1.54) is 11.1 Å². The van der Waals surface area contributed by atoms with E-state index in [4.69, 9.17) is 16.2 Å². The third kappa shape index (κ3) is 7.45. The van der Waals surface area contributed by atoms with Gasteiger partial charge in [-0.15, -0.1) is 0 Å². The topological polar surface area (TPSA) is 109 Å². The van der Waals surface area contributed by atoms with Gasteiger partial charge in [0.1, 0.15) is 0 Å². The number of nitrogens with two attached hydrogens (primary N) is 2. The molecule has 0 radical (unpaired) electrons. The van der Waals surface area contributed by atoms with Crippen molar-refractivity contribution in [2.45, 2.75) is 31.6 Å². The Morgan fingerprint density at radius 2 is 1.50 bits per heavy atom. The molecule has 2 aliphatic rings. The van der Waals surface area contributed by atoms with Crippen LogP contribution in [0, 0.1) is 11.8 Å². The van der Waals surface area contributed by atoms with Crippen LogP contribution in [0.15, 0.2) is 65.7 Å². The highest BCUT2D eigenvalue weighted by atomic mass is 16.5. The Morgan fingerprint density at radius 3 is 2.06 bits per heavy atom. The largest absolute Gasteiger partial charge is 0.379 e. The minimum absolute atomic E-state index is 0.0311. The van der Waals surface area contributed by atoms with Crippen molar-refractivity contribution in [1.82, 2.24) is 15.3 Å². The van der Waals surface area contributed by atoms with Gasteiger partial charge in [0.25, 0.3) is 0 Å². The van der Waals surface area contributed by atoms with E-state index in [1.807, 2.05) is 17.1 Å². The van der Waals surface area contributed by atoms with Crippen LogP contribution >= 0.6 is 0 Å². The van der Waals surface area contributed by atoms with Gasteiger partial charge in [-0.25, -0.2) is 9.80 Å². The first-order chi connectivity index (χ1) is 17.6. The molecule has 194 valence electrons. The van der Waals surface area contributed by atoms with Crippen LogP contribution in [0.5, 0.6) is 0 Å². The maximum atomic E-state index is 13.6. The molecular formula is C28H40N6O2. The third-order valence-electron chi connectivity index (χ3n) is 7.36. The van der Waals surface area contributed by atoms with Crippen LogP contribution in [0.4, 0.5) is 4.79 Å². The number of benzene rings is 2. The van der Waals surface area contributed by atoms with Gasteiger partial charge in [0.15, 0.2) is 5.96 Å². The Morgan fingerprint density at radius 1 is 0.944 bits per heavy atom. The number of ether oxygens (including phenoxy) is 1. The van der Waals surface area contributed by atoms with Gasteiger partial charge in [0.05, 0.1) is 19.8 Å². The molecule has 0 aromatic heterocycles. The fourth-order valence-corrected chi connectivity index (χ4v) is 5.24. The van der Waals surface area contributed by atoms with Crippen LogP contribution in [-0.2, 0) is 4.74 Å². The van der Waals surface area contributed by atoms with Gasteiger partial charge in [-0.05, 0) is 48.6 Å². The van der Waals surface area contributed by atoms with Crippen LogP contribution in [0.1, 0.15) is 42.7 Å². The van der Waals surface area contributed by atoms with E-state index in [0.717, 1.165) is 25.7 Å². The van der Waals surface area contributed by atoms with Gasteiger partial charge in [-0.1, -0.05) is 60.7 Å². The minimum atomic E-state index is -0.0311. The number of nitrogens with one attached hydrogen (secondary N) is 1. The van der Waals surface area contributed by atoms with Gasteiger partial charge in [0.2, 0.25) is 0 Å². The van der Waals surface area contributed by atoms with E-state index in [1.54, 1.807) is 0 Å². The van der Waals surface area contributed by atoms with Gasteiger partial charge >= 0.3 is 6.03 Å². The van der Waals surface area contributed by atoms with Crippen LogP contribution < -0.4 is 16.8 Å². The first-order valence-corrected chi connectivity index (χ1v) is 13.1. The lowest BCUT2D eigenvalue weighted by molar-refractivity contribution is -0.0641. The molecule has 4 rings (SSSR count). The second kappa shape index (κ2) is 13.3. The van der Waals surface area contributed by atoms with Gasteiger partial charge in [-0.2, -0.15) is 0 Å². The lowest BCUT2D eigenvalue weighted by Gasteiger charge is -2.39. The number of amides is 2. The summed E-state index contributed by atoms with van der Waals surface area (Å²) >= 11 is 0. The number of carbonyl (C=O) groups is 1. The fourth-order valence-electron chi connectivity index (χ4n) is 5.24. The van der Waals surface area contributed by atoms with Crippen molar-refractivity contribution in [1.29, 1.82) is 0 Å². The predicted molar refractivity (Wildman–Crippen MR) is 143 cm³/mol. The highest BCUT2D eigenvalue weighted by Crippen LogP contribution is 2.29. The fraction of sp³-hybridized carbons (Fsp3) is 0.500. The molecule has 2 fully saturated rings. The number of guanidine groups is 1. The molecule has 1 heterocycles. The molecule has 36 heavy (non-hydrogen) atoms. The summed E-state index contributed by atoms with van der Waals surface area (Å²) in [4.78, 5) is 17.8. The molecule has 0 unspecified atom stereocenters. The van der Waals surface area contributed by atoms with Crippen molar-refractivity contribution in [3.8, 4) is 0 Å². The van der Waals surface area contributed by atoms with Crippen LogP contribution in [-0.4, -0.2) is 67.9 Å². The summed E-state index contributed by atoms with van der Waals surface area (Å²) in [6.07, 6.45) is 4.35. The van der Waals surface area contributed by atoms with Crippen molar-refractivity contribution in [2.75, 3.05) is 45.9 Å². The number of hydrogen-bond acceptors (Lipinski definition) is 4. The first kappa shape index (κ1) is 26.0. The summed E-state index contributed by atoms with van der Waals surface area (Å²) in [7, 11) is 0. The van der Waals surface area contributed by atoms with Gasteiger partial charge < -0.3 is 21.5 Å². The van der Waals surface area contributed by atoms with Gasteiger partial charge in [0, 0.05) is 32.1 Å². The zero-order valence-electron chi connectivity index (χ0n) is 21.1. The monoisotopic (exact) mass is 492 g/mol. The molecule has 2 amide bonds. The third-order valence-corrected chi connectivity index (χ3v) is 7.36. The van der Waals surface area contributed by atoms with E-state index >= 15 is 0 Å². The summed E-state index contributed by atoms with van der Waals surface area (Å²) in [6, 6.07) is 20.9. The normalized spacial score (nSPS) is 20.6. The van der Waals surface area contributed by atoms with Crippen molar-refractivity contribution >= 4 is 12.0 Å². The van der Waals surface area contributed by atoms with E-state index in [0.29, 0.717) is 57.8 Å². The van der Waals surface area contributed by atoms with E-state index < -0.39 is 0 Å². The van der Waals surface area contributed by atoms with E-state index in [-0.39, 0.29) is 17.9 Å². The maximum Gasteiger partial charge on any atom is 0.331 e. The van der Waals surface area contributed by atoms with Crippen LogP contribution in [0.3, 0.4) is 0 Å². The highest BCUT2D eigenvalue weighted by molar-refractivity contribution is 5.75. The second-order valence-electron chi connectivity index (χ2n) is 9.86. The predicted octanol–water partition coefficient (Wildman–Crippen LogP) is 3.16. The Kier molecular flexibility index (Phi) is 9.58. The van der Waals surface area contributed by atoms with Crippen molar-refractivity contribution in [3.05, 3.63) is 71.8 Å². The summed E-state index contributed by atoms with van der Waals surface area (Å²) in [5.41, 5.74) is 13.4. The zero-order chi connectivity index (χ0) is 25.2. The molecule has 2 aromatic rings. The summed E-state index contributed by atoms with van der Waals surface area (Å²) in [6.45, 7) is 4.64. The first-order valence-electron chi connectivity index (χ1n) is 13.1. The van der Waals surface area contributed by atoms with Crippen molar-refractivity contribution < 1.29 is 9.53 Å². The summed E-state index contributed by atoms with van der Waals surface area (Å²) in [5.74, 6) is 1.25. The lowest BCUT2D eigenvalue weighted by atomic mass is 9.82. The Bertz CT molecular complexity index is 913. The standard InChI is InChI=1S/C28H40N6O2/c29-27(30)31-19-22-11-13-23(14-12-22)20-32-28(35)34(33-15-17-36-18-16-33)21-26(24-7-3-1-4-8-24)25-9-5-2-6-10-25/h1-10,22-23,26H,11-21H2,(H,32,35)(H4,29,30,31). The number of carbonyl (C=O) groups excluding carboxylic acids is 1. The van der Waals surface area contributed by atoms with E-state index in [2.05, 4.69) is 63.8 Å². The molecule has 0 atom stereocenters. The molecule has 1 saturated heterocycles. The average molecular weight is 493 g/mol. The molecule has 5 N–H and O–H groups in total. The number of rotatable bonds is 9. The molecule has 8 nitrogen and oxygen atoms in total. The van der Waals surface area contributed by atoms with Crippen LogP contribution in [0.2, 0.25) is 0 Å². The molecular weight excluding hydrogens is 452 g/mol. The molecule has 8 heteroatoms. The molecule has 1 saturated carbocycles. The smallest absolute Gasteiger partial charge is 0.331 e. The van der Waals surface area contributed by atoms with E-state index in [9.17, 15) is 4.79 Å². The Balaban J connectivity index is 1.42. The number of hydrazine groups is 1. The van der Waals surface area contributed by atoms with Crippen LogP contribution in [0.25, 0.3) is 0 Å². The summed E-state index contributed by atoms with van der Waals surface area (Å²) in [5, 5.41) is 7.32. The van der Waals surface area contributed by atoms with Gasteiger partial charge in [-0.3, -0.25) is 10.0 Å². The quantitative estimate of drug-likeness (QED) is 0.368. The van der Waals surface area contributed by atoms with Crippen molar-refractivity contribution in [3.63, 3.8) is 0 Å². The SMILES string of the molecule is NC(N)=NCC1CCC(CNC(=O)N(CC(c2ccccc2)c2ccccc2)N2CCOCC2)CC1. The molecule has 2 aromatic carbocycles. The average Bonchev–Trinajstić information content (AvgIpc) is 2.93. The number of morpholine rings is 1. The Labute approximate surface area is 214 Å². The number of aliphatic imine (C=N–C) groups is 1. The number of nitrogens with zero attached hydrogens (tertiary/aromatic N) is 3. The number of hydrogen-bond donors (Lipinski definition) is 3. The molecule has 1 aliphatic heterocycles. The number of urea groups is 1. The molecule has 0 spiro atoms. The second-order valence-corrected chi connectivity index (χ2v) is 9.86. The van der Waals surface area contributed by atoms with Crippen molar-refractivity contribution in [2.24, 2.45) is 28.3 Å².